The van der Waals surface area contributed by atoms with Gasteiger partial charge in [0.05, 0.1) is 0 Å². The molecule has 0 saturated heterocycles. The first-order valence-electron chi connectivity index (χ1n) is 8.55. The van der Waals surface area contributed by atoms with E-state index in [0.717, 1.165) is 31.0 Å². The summed E-state index contributed by atoms with van der Waals surface area (Å²) in [6.07, 6.45) is 5.86. The molecule has 0 spiro atoms. The molecule has 0 amide bonds. The van der Waals surface area contributed by atoms with Crippen molar-refractivity contribution in [1.82, 2.24) is 14.5 Å². The highest BCUT2D eigenvalue weighted by atomic mass is 35.5. The van der Waals surface area contributed by atoms with Crippen LogP contribution in [0.4, 0.5) is 0 Å². The number of aryl methyl sites for hydroxylation is 2. The molecule has 0 fully saturated rings. The Morgan fingerprint density at radius 2 is 2.00 bits per heavy atom. The van der Waals surface area contributed by atoms with Crippen molar-refractivity contribution in [3.05, 3.63) is 64.6 Å². The topological polar surface area (TPSA) is 21.1 Å². The maximum absolute atomic E-state index is 6.30. The lowest BCUT2D eigenvalue weighted by molar-refractivity contribution is 0.245. The lowest BCUT2D eigenvalue weighted by Crippen LogP contribution is -2.31. The fourth-order valence-corrected chi connectivity index (χ4v) is 4.06. The molecule has 3 nitrogen and oxygen atoms in total. The van der Waals surface area contributed by atoms with Crippen LogP contribution in [0.5, 0.6) is 0 Å². The number of halogens is 1. The molecular weight excluding hydrogens is 318 g/mol. The van der Waals surface area contributed by atoms with E-state index < -0.39 is 0 Å². The minimum atomic E-state index is 0.428. The van der Waals surface area contributed by atoms with Crippen LogP contribution in [0, 0.1) is 0 Å². The van der Waals surface area contributed by atoms with E-state index in [1.807, 2.05) is 18.5 Å². The number of pyridine rings is 1. The Bertz CT molecular complexity index is 869. The summed E-state index contributed by atoms with van der Waals surface area (Å²) in [7, 11) is 2.21. The molecule has 4 rings (SSSR count). The van der Waals surface area contributed by atoms with Gasteiger partial charge in [-0.15, -0.1) is 0 Å². The number of likely N-dealkylation sites (N-methyl/N-ethyl adjacent to an activating group) is 1. The molecule has 0 aliphatic carbocycles. The molecule has 3 heterocycles. The van der Waals surface area contributed by atoms with Crippen molar-refractivity contribution in [2.24, 2.45) is 0 Å². The second-order valence-electron chi connectivity index (χ2n) is 6.69. The Hall–Kier alpha value is -1.84. The lowest BCUT2D eigenvalue weighted by Gasteiger charge is -2.31. The number of aromatic nitrogens is 2. The predicted octanol–water partition coefficient (Wildman–Crippen LogP) is 4.48. The van der Waals surface area contributed by atoms with Crippen LogP contribution in [0.25, 0.3) is 10.9 Å². The smallest absolute Gasteiger partial charge is 0.0487 e. The van der Waals surface area contributed by atoms with Crippen molar-refractivity contribution in [2.75, 3.05) is 13.6 Å². The summed E-state index contributed by atoms with van der Waals surface area (Å²) in [5, 5.41) is 2.13. The Kier molecular flexibility index (Phi) is 4.07. The fourth-order valence-electron chi connectivity index (χ4n) is 3.88. The van der Waals surface area contributed by atoms with Gasteiger partial charge in [-0.05, 0) is 61.9 Å². The standard InChI is InChI=1S/C20H22ClN3/c1-14-20-17-13-16(21)3-4-18(17)24(19(20)8-11-23(14)2)12-7-15-5-9-22-10-6-15/h3-6,9-10,13-14H,7-8,11-12H2,1-2H3. The summed E-state index contributed by atoms with van der Waals surface area (Å²) in [6, 6.07) is 10.9. The molecule has 124 valence electrons. The van der Waals surface area contributed by atoms with Gasteiger partial charge in [-0.1, -0.05) is 11.6 Å². The van der Waals surface area contributed by atoms with Gasteiger partial charge in [0.25, 0.3) is 0 Å². The summed E-state index contributed by atoms with van der Waals surface area (Å²) >= 11 is 6.30. The maximum atomic E-state index is 6.30. The zero-order valence-electron chi connectivity index (χ0n) is 14.2. The largest absolute Gasteiger partial charge is 0.344 e. The van der Waals surface area contributed by atoms with Gasteiger partial charge in [0.15, 0.2) is 0 Å². The average Bonchev–Trinajstić information content (AvgIpc) is 2.90. The Morgan fingerprint density at radius 3 is 2.79 bits per heavy atom. The second-order valence-corrected chi connectivity index (χ2v) is 7.12. The number of rotatable bonds is 3. The van der Waals surface area contributed by atoms with E-state index >= 15 is 0 Å². The van der Waals surface area contributed by atoms with Crippen LogP contribution < -0.4 is 0 Å². The van der Waals surface area contributed by atoms with E-state index in [-0.39, 0.29) is 0 Å². The van der Waals surface area contributed by atoms with Gasteiger partial charge in [-0.2, -0.15) is 0 Å². The number of hydrogen-bond donors (Lipinski definition) is 0. The fraction of sp³-hybridized carbons (Fsp3) is 0.350. The molecule has 3 aromatic rings. The summed E-state index contributed by atoms with van der Waals surface area (Å²) in [5.41, 5.74) is 5.57. The SMILES string of the molecule is CC1c2c(n(CCc3ccncc3)c3ccc(Cl)cc23)CCN1C. The van der Waals surface area contributed by atoms with Crippen molar-refractivity contribution >= 4 is 22.5 Å². The number of hydrogen-bond acceptors (Lipinski definition) is 2. The van der Waals surface area contributed by atoms with Gasteiger partial charge in [0.2, 0.25) is 0 Å². The molecule has 2 aromatic heterocycles. The van der Waals surface area contributed by atoms with Crippen LogP contribution in [0.1, 0.15) is 29.8 Å². The molecule has 0 N–H and O–H groups in total. The van der Waals surface area contributed by atoms with Crippen molar-refractivity contribution in [3.8, 4) is 0 Å². The molecule has 1 atom stereocenters. The Balaban J connectivity index is 1.80. The van der Waals surface area contributed by atoms with Gasteiger partial charge in [0.1, 0.15) is 0 Å². The second kappa shape index (κ2) is 6.23. The van der Waals surface area contributed by atoms with Crippen LogP contribution in [0.3, 0.4) is 0 Å². The monoisotopic (exact) mass is 339 g/mol. The molecule has 1 aliphatic rings. The zero-order chi connectivity index (χ0) is 16.7. The van der Waals surface area contributed by atoms with E-state index in [0.29, 0.717) is 6.04 Å². The van der Waals surface area contributed by atoms with Crippen LogP contribution in [0.2, 0.25) is 5.02 Å². The first-order chi connectivity index (χ1) is 11.6. The minimum Gasteiger partial charge on any atom is -0.344 e. The molecule has 0 radical (unpaired) electrons. The van der Waals surface area contributed by atoms with Gasteiger partial charge < -0.3 is 4.57 Å². The van der Waals surface area contributed by atoms with Gasteiger partial charge >= 0.3 is 0 Å². The highest BCUT2D eigenvalue weighted by Crippen LogP contribution is 2.38. The zero-order valence-corrected chi connectivity index (χ0v) is 14.9. The summed E-state index contributed by atoms with van der Waals surface area (Å²) < 4.78 is 2.50. The third-order valence-electron chi connectivity index (χ3n) is 5.33. The number of nitrogens with zero attached hydrogens (tertiary/aromatic N) is 3. The van der Waals surface area contributed by atoms with Crippen LogP contribution in [-0.4, -0.2) is 28.0 Å². The van der Waals surface area contributed by atoms with Gasteiger partial charge in [-0.3, -0.25) is 9.88 Å². The highest BCUT2D eigenvalue weighted by Gasteiger charge is 2.27. The molecule has 24 heavy (non-hydrogen) atoms. The minimum absolute atomic E-state index is 0.428. The first kappa shape index (κ1) is 15.7. The molecule has 0 bridgehead atoms. The quantitative estimate of drug-likeness (QED) is 0.701. The normalized spacial score (nSPS) is 18.0. The summed E-state index contributed by atoms with van der Waals surface area (Å²) in [6.45, 7) is 4.40. The summed E-state index contributed by atoms with van der Waals surface area (Å²) in [4.78, 5) is 6.54. The van der Waals surface area contributed by atoms with E-state index in [9.17, 15) is 0 Å². The van der Waals surface area contributed by atoms with E-state index in [1.54, 1.807) is 0 Å². The molecule has 1 aliphatic heterocycles. The van der Waals surface area contributed by atoms with Crippen LogP contribution in [-0.2, 0) is 19.4 Å². The van der Waals surface area contributed by atoms with Crippen LogP contribution >= 0.6 is 11.6 Å². The lowest BCUT2D eigenvalue weighted by atomic mass is 9.97. The van der Waals surface area contributed by atoms with Crippen LogP contribution in [0.15, 0.2) is 42.7 Å². The van der Waals surface area contributed by atoms with Crippen molar-refractivity contribution < 1.29 is 0 Å². The Morgan fingerprint density at radius 1 is 1.21 bits per heavy atom. The van der Waals surface area contributed by atoms with Gasteiger partial charge in [0, 0.05) is 59.6 Å². The average molecular weight is 340 g/mol. The molecule has 1 aromatic carbocycles. The Labute approximate surface area is 147 Å². The van der Waals surface area contributed by atoms with Gasteiger partial charge in [-0.25, -0.2) is 0 Å². The van der Waals surface area contributed by atoms with Crippen molar-refractivity contribution in [1.29, 1.82) is 0 Å². The molecule has 4 heteroatoms. The molecule has 1 unspecified atom stereocenters. The van der Waals surface area contributed by atoms with E-state index in [4.69, 9.17) is 11.6 Å². The predicted molar refractivity (Wildman–Crippen MR) is 99.6 cm³/mol. The summed E-state index contributed by atoms with van der Waals surface area (Å²) in [5.74, 6) is 0. The third-order valence-corrected chi connectivity index (χ3v) is 5.57. The first-order valence-corrected chi connectivity index (χ1v) is 8.92. The maximum Gasteiger partial charge on any atom is 0.0487 e. The molecular formula is C20H22ClN3. The highest BCUT2D eigenvalue weighted by molar-refractivity contribution is 6.31. The van der Waals surface area contributed by atoms with Crippen molar-refractivity contribution in [3.63, 3.8) is 0 Å². The van der Waals surface area contributed by atoms with E-state index in [1.165, 1.54) is 27.7 Å². The third kappa shape index (κ3) is 2.62. The van der Waals surface area contributed by atoms with Crippen molar-refractivity contribution in [2.45, 2.75) is 32.4 Å². The number of benzene rings is 1. The van der Waals surface area contributed by atoms with E-state index in [2.05, 4.69) is 52.7 Å². The molecule has 0 saturated carbocycles. The number of fused-ring (bicyclic) bond motifs is 3.